The number of hydrogen-bond donors (Lipinski definition) is 0. The van der Waals surface area contributed by atoms with Gasteiger partial charge in [0.25, 0.3) is 0 Å². The van der Waals surface area contributed by atoms with E-state index in [4.69, 9.17) is 9.73 Å². The van der Waals surface area contributed by atoms with Gasteiger partial charge in [-0.15, -0.1) is 11.3 Å². The van der Waals surface area contributed by atoms with Crippen molar-refractivity contribution < 1.29 is 4.74 Å². The number of anilines is 1. The van der Waals surface area contributed by atoms with E-state index in [1.54, 1.807) is 18.4 Å². The highest BCUT2D eigenvalue weighted by Gasteiger charge is 2.32. The number of ether oxygens (including phenoxy) is 1. The lowest BCUT2D eigenvalue weighted by Crippen LogP contribution is -2.26. The second-order valence-electron chi connectivity index (χ2n) is 8.96. The van der Waals surface area contributed by atoms with Crippen LogP contribution in [0.25, 0.3) is 0 Å². The van der Waals surface area contributed by atoms with Crippen LogP contribution in [-0.4, -0.2) is 26.4 Å². The molecule has 30 heavy (non-hydrogen) atoms. The van der Waals surface area contributed by atoms with Crippen LogP contribution in [-0.2, 0) is 12.8 Å². The number of thiophene rings is 1. The number of nitriles is 1. The molecule has 1 aromatic carbocycles. The van der Waals surface area contributed by atoms with Crippen molar-refractivity contribution in [3.05, 3.63) is 39.8 Å². The van der Waals surface area contributed by atoms with Gasteiger partial charge in [0.05, 0.1) is 12.7 Å². The van der Waals surface area contributed by atoms with E-state index in [1.807, 2.05) is 12.3 Å². The molecule has 1 heterocycles. The minimum Gasteiger partial charge on any atom is -0.496 e. The summed E-state index contributed by atoms with van der Waals surface area (Å²) in [5, 5.41) is 10.6. The minimum atomic E-state index is 0.290. The third-order valence-electron chi connectivity index (χ3n) is 6.25. The molecule has 0 spiro atoms. The molecule has 0 saturated carbocycles. The van der Waals surface area contributed by atoms with Crippen LogP contribution in [0.2, 0.25) is 0 Å². The van der Waals surface area contributed by atoms with Crippen LogP contribution in [0.5, 0.6) is 5.75 Å². The van der Waals surface area contributed by atoms with Crippen molar-refractivity contribution in [2.45, 2.75) is 53.9 Å². The lowest BCUT2D eigenvalue weighted by Gasteiger charge is -2.33. The fourth-order valence-corrected chi connectivity index (χ4v) is 5.46. The van der Waals surface area contributed by atoms with Gasteiger partial charge >= 0.3 is 0 Å². The van der Waals surface area contributed by atoms with Gasteiger partial charge < -0.3 is 9.64 Å². The van der Waals surface area contributed by atoms with Crippen molar-refractivity contribution in [2.75, 3.05) is 25.1 Å². The third-order valence-corrected chi connectivity index (χ3v) is 7.41. The maximum Gasteiger partial charge on any atom is 0.134 e. The maximum absolute atomic E-state index is 9.79. The summed E-state index contributed by atoms with van der Waals surface area (Å²) in [5.41, 5.74) is 4.34. The maximum atomic E-state index is 9.79. The molecule has 4 nitrogen and oxygen atoms in total. The number of aliphatic imine (C=N–C) groups is 1. The predicted octanol–water partition coefficient (Wildman–Crippen LogP) is 6.38. The number of nitrogens with zero attached hydrogens (tertiary/aromatic N) is 3. The van der Waals surface area contributed by atoms with Crippen LogP contribution in [0.3, 0.4) is 0 Å². The van der Waals surface area contributed by atoms with E-state index < -0.39 is 0 Å². The van der Waals surface area contributed by atoms with E-state index in [2.05, 4.69) is 57.7 Å². The molecule has 1 aromatic heterocycles. The number of rotatable bonds is 6. The van der Waals surface area contributed by atoms with Gasteiger partial charge in [0, 0.05) is 41.5 Å². The van der Waals surface area contributed by atoms with Crippen molar-refractivity contribution in [2.24, 2.45) is 16.3 Å². The molecule has 0 saturated heterocycles. The van der Waals surface area contributed by atoms with E-state index in [-0.39, 0.29) is 5.41 Å². The van der Waals surface area contributed by atoms with Gasteiger partial charge in [0.15, 0.2) is 0 Å². The first-order chi connectivity index (χ1) is 14.3. The first-order valence-corrected chi connectivity index (χ1v) is 11.7. The van der Waals surface area contributed by atoms with Gasteiger partial charge in [-0.2, -0.15) is 5.26 Å². The monoisotopic (exact) mass is 423 g/mol. The molecule has 0 N–H and O–H groups in total. The van der Waals surface area contributed by atoms with Crippen LogP contribution >= 0.6 is 11.3 Å². The van der Waals surface area contributed by atoms with Gasteiger partial charge in [-0.05, 0) is 62.1 Å². The third kappa shape index (κ3) is 4.54. The largest absolute Gasteiger partial charge is 0.496 e. The van der Waals surface area contributed by atoms with Crippen molar-refractivity contribution >= 4 is 28.2 Å². The molecule has 5 heteroatoms. The fraction of sp³-hybridized carbons (Fsp3) is 0.520. The minimum absolute atomic E-state index is 0.290. The summed E-state index contributed by atoms with van der Waals surface area (Å²) in [6.45, 7) is 13.1. The Balaban J connectivity index is 1.90. The van der Waals surface area contributed by atoms with E-state index in [0.717, 1.165) is 59.9 Å². The Labute approximate surface area is 185 Å². The van der Waals surface area contributed by atoms with Gasteiger partial charge in [0.2, 0.25) is 0 Å². The summed E-state index contributed by atoms with van der Waals surface area (Å²) in [5.74, 6) is 1.45. The van der Waals surface area contributed by atoms with Crippen LogP contribution in [0.4, 0.5) is 10.7 Å². The summed E-state index contributed by atoms with van der Waals surface area (Å²) in [7, 11) is 1.69. The molecular weight excluding hydrogens is 390 g/mol. The highest BCUT2D eigenvalue weighted by atomic mass is 32.1. The molecule has 2 aromatic rings. The molecule has 0 amide bonds. The molecule has 3 rings (SSSR count). The van der Waals surface area contributed by atoms with Gasteiger partial charge in [0.1, 0.15) is 16.8 Å². The zero-order valence-electron chi connectivity index (χ0n) is 19.1. The normalized spacial score (nSPS) is 16.4. The Hall–Kier alpha value is -2.32. The van der Waals surface area contributed by atoms with E-state index in [0.29, 0.717) is 5.92 Å². The molecule has 0 unspecified atom stereocenters. The summed E-state index contributed by atoms with van der Waals surface area (Å²) in [4.78, 5) is 8.37. The molecule has 0 aliphatic heterocycles. The highest BCUT2D eigenvalue weighted by molar-refractivity contribution is 7.16. The molecule has 0 radical (unpaired) electrons. The van der Waals surface area contributed by atoms with E-state index >= 15 is 0 Å². The smallest absolute Gasteiger partial charge is 0.134 e. The second kappa shape index (κ2) is 9.22. The Morgan fingerprint density at radius 2 is 2.03 bits per heavy atom. The average Bonchev–Trinajstić information content (AvgIpc) is 3.09. The van der Waals surface area contributed by atoms with Crippen LogP contribution in [0, 0.1) is 22.7 Å². The van der Waals surface area contributed by atoms with E-state index in [9.17, 15) is 5.26 Å². The first-order valence-electron chi connectivity index (χ1n) is 10.8. The summed E-state index contributed by atoms with van der Waals surface area (Å²) in [6, 6.07) is 8.64. The van der Waals surface area contributed by atoms with Crippen LogP contribution in [0.1, 0.15) is 62.6 Å². The molecule has 1 aliphatic carbocycles. The zero-order chi connectivity index (χ0) is 21.9. The number of methoxy groups -OCH3 is 1. The average molecular weight is 424 g/mol. The highest BCUT2D eigenvalue weighted by Crippen LogP contribution is 2.45. The van der Waals surface area contributed by atoms with Crippen molar-refractivity contribution in [1.82, 2.24) is 0 Å². The zero-order valence-corrected chi connectivity index (χ0v) is 19.9. The molecule has 0 bridgehead atoms. The standard InChI is InChI=1S/C25H33N3OS/c1-7-28(8-2)19-11-9-17(22(14-19)29-6)16-27-24-21(15-26)20-12-10-18(25(3,4)5)13-23(20)30-24/h9,11,14,16,18H,7-8,10,12-13H2,1-6H3/t18-/m1/s1. The van der Waals surface area contributed by atoms with Gasteiger partial charge in [-0.1, -0.05) is 20.8 Å². The molecule has 0 fully saturated rings. The Morgan fingerprint density at radius 1 is 1.30 bits per heavy atom. The number of hydrogen-bond acceptors (Lipinski definition) is 5. The summed E-state index contributed by atoms with van der Waals surface area (Å²) < 4.78 is 5.62. The predicted molar refractivity (Wildman–Crippen MR) is 128 cm³/mol. The Kier molecular flexibility index (Phi) is 6.88. The molecule has 1 atom stereocenters. The summed E-state index contributed by atoms with van der Waals surface area (Å²) in [6.07, 6.45) is 5.01. The fourth-order valence-electron chi connectivity index (χ4n) is 4.24. The van der Waals surface area contributed by atoms with Gasteiger partial charge in [-0.3, -0.25) is 0 Å². The Morgan fingerprint density at radius 3 is 2.63 bits per heavy atom. The van der Waals surface area contributed by atoms with E-state index in [1.165, 1.54) is 10.4 Å². The lowest BCUT2D eigenvalue weighted by atomic mass is 9.72. The lowest BCUT2D eigenvalue weighted by molar-refractivity contribution is 0.218. The van der Waals surface area contributed by atoms with Gasteiger partial charge in [-0.25, -0.2) is 4.99 Å². The number of benzene rings is 1. The Bertz CT molecular complexity index is 958. The van der Waals surface area contributed by atoms with Crippen molar-refractivity contribution in [1.29, 1.82) is 5.26 Å². The van der Waals surface area contributed by atoms with Crippen LogP contribution < -0.4 is 9.64 Å². The van der Waals surface area contributed by atoms with Crippen molar-refractivity contribution in [3.63, 3.8) is 0 Å². The molecule has 160 valence electrons. The van der Waals surface area contributed by atoms with Crippen molar-refractivity contribution in [3.8, 4) is 11.8 Å². The second-order valence-corrected chi connectivity index (χ2v) is 10.0. The first kappa shape index (κ1) is 22.4. The summed E-state index contributed by atoms with van der Waals surface area (Å²) >= 11 is 1.68. The topological polar surface area (TPSA) is 48.6 Å². The van der Waals surface area contributed by atoms with Crippen LogP contribution in [0.15, 0.2) is 23.2 Å². The quantitative estimate of drug-likeness (QED) is 0.507. The SMILES string of the molecule is CCN(CC)c1ccc(C=Nc2sc3c(c2C#N)CC[C@@H](C(C)(C)C)C3)c(OC)c1. The molecule has 1 aliphatic rings. The number of fused-ring (bicyclic) bond motifs is 1. The molecular formula is C25H33N3OS.